The van der Waals surface area contributed by atoms with Gasteiger partial charge in [-0.15, -0.1) is 0 Å². The van der Waals surface area contributed by atoms with Crippen LogP contribution in [-0.2, 0) is 4.74 Å². The molecule has 1 aliphatic heterocycles. The van der Waals surface area contributed by atoms with Gasteiger partial charge in [-0.2, -0.15) is 0 Å². The van der Waals surface area contributed by atoms with Crippen molar-refractivity contribution in [1.29, 1.82) is 0 Å². The summed E-state index contributed by atoms with van der Waals surface area (Å²) < 4.78 is 5.29. The van der Waals surface area contributed by atoms with Crippen molar-refractivity contribution in [1.82, 2.24) is 4.90 Å². The minimum atomic E-state index is -0.457. The second-order valence-corrected chi connectivity index (χ2v) is 5.92. The number of hydrogen-bond acceptors (Lipinski definition) is 3. The van der Waals surface area contributed by atoms with E-state index in [2.05, 4.69) is 0 Å². The number of amides is 1. The number of carbonyl (C=O) groups excluding carboxylic acids is 2. The monoisotopic (exact) mass is 273 g/mol. The fourth-order valence-corrected chi connectivity index (χ4v) is 1.90. The predicted molar refractivity (Wildman–Crippen MR) is 77.6 cm³/mol. The Morgan fingerprint density at radius 3 is 2.20 bits per heavy atom. The van der Waals surface area contributed by atoms with E-state index in [1.54, 1.807) is 17.0 Å². The summed E-state index contributed by atoms with van der Waals surface area (Å²) in [5.41, 5.74) is 2.42. The second-order valence-electron chi connectivity index (χ2n) is 5.92. The van der Waals surface area contributed by atoms with E-state index in [9.17, 15) is 9.59 Å². The van der Waals surface area contributed by atoms with Gasteiger partial charge in [-0.25, -0.2) is 4.79 Å². The van der Waals surface area contributed by atoms with Gasteiger partial charge >= 0.3 is 6.09 Å². The standard InChI is InChI=1S/C16H19NO3/c1-16(2,3)20-15(19)17-9-14(10-17)8-12-4-6-13(11-18)7-5-12/h4-8,11H,9-10H2,1-3H3. The molecular weight excluding hydrogens is 254 g/mol. The Morgan fingerprint density at radius 2 is 1.70 bits per heavy atom. The minimum Gasteiger partial charge on any atom is -0.444 e. The molecule has 1 aliphatic rings. The van der Waals surface area contributed by atoms with E-state index in [-0.39, 0.29) is 6.09 Å². The van der Waals surface area contributed by atoms with E-state index in [4.69, 9.17) is 4.74 Å². The van der Waals surface area contributed by atoms with E-state index < -0.39 is 5.60 Å². The molecule has 1 amide bonds. The largest absolute Gasteiger partial charge is 0.444 e. The summed E-state index contributed by atoms with van der Waals surface area (Å²) in [6.07, 6.45) is 2.59. The molecule has 0 N–H and O–H groups in total. The van der Waals surface area contributed by atoms with Crippen molar-refractivity contribution >= 4 is 18.5 Å². The van der Waals surface area contributed by atoms with Gasteiger partial charge < -0.3 is 9.64 Å². The summed E-state index contributed by atoms with van der Waals surface area (Å²) in [4.78, 5) is 24.0. The number of ether oxygens (including phenoxy) is 1. The number of hydrogen-bond donors (Lipinski definition) is 0. The molecule has 0 atom stereocenters. The molecule has 1 aromatic rings. The molecule has 4 nitrogen and oxygen atoms in total. The average molecular weight is 273 g/mol. The highest BCUT2D eigenvalue weighted by Crippen LogP contribution is 2.21. The van der Waals surface area contributed by atoms with E-state index in [0.29, 0.717) is 18.7 Å². The molecule has 0 aromatic heterocycles. The van der Waals surface area contributed by atoms with Crippen LogP contribution >= 0.6 is 0 Å². The molecule has 106 valence electrons. The molecule has 0 saturated carbocycles. The summed E-state index contributed by atoms with van der Waals surface area (Å²) in [7, 11) is 0. The van der Waals surface area contributed by atoms with Gasteiger partial charge in [-0.05, 0) is 31.9 Å². The Bertz CT molecular complexity index is 530. The van der Waals surface area contributed by atoms with Crippen LogP contribution in [0.4, 0.5) is 4.79 Å². The van der Waals surface area contributed by atoms with Crippen LogP contribution in [0, 0.1) is 0 Å². The maximum Gasteiger partial charge on any atom is 0.410 e. The molecule has 1 fully saturated rings. The highest BCUT2D eigenvalue weighted by Gasteiger charge is 2.29. The summed E-state index contributed by atoms with van der Waals surface area (Å²) in [5.74, 6) is 0. The summed E-state index contributed by atoms with van der Waals surface area (Å²) >= 11 is 0. The molecule has 0 radical (unpaired) electrons. The molecule has 0 bridgehead atoms. The van der Waals surface area contributed by atoms with Crippen molar-refractivity contribution in [2.45, 2.75) is 26.4 Å². The fourth-order valence-electron chi connectivity index (χ4n) is 1.90. The van der Waals surface area contributed by atoms with Crippen molar-refractivity contribution in [3.05, 3.63) is 41.0 Å². The zero-order valence-electron chi connectivity index (χ0n) is 12.1. The first-order valence-corrected chi connectivity index (χ1v) is 6.60. The first-order chi connectivity index (χ1) is 9.37. The third-order valence-corrected chi connectivity index (χ3v) is 2.88. The summed E-state index contributed by atoms with van der Waals surface area (Å²) in [6.45, 7) is 6.77. The Labute approximate surface area is 119 Å². The first kappa shape index (κ1) is 14.3. The van der Waals surface area contributed by atoms with Crippen LogP contribution in [0.3, 0.4) is 0 Å². The van der Waals surface area contributed by atoms with Crippen LogP contribution in [0.5, 0.6) is 0 Å². The molecule has 1 saturated heterocycles. The van der Waals surface area contributed by atoms with Crippen molar-refractivity contribution in [2.75, 3.05) is 13.1 Å². The number of benzene rings is 1. The molecule has 0 spiro atoms. The Morgan fingerprint density at radius 1 is 1.15 bits per heavy atom. The molecule has 2 rings (SSSR count). The van der Waals surface area contributed by atoms with Gasteiger partial charge in [-0.3, -0.25) is 4.79 Å². The smallest absolute Gasteiger partial charge is 0.410 e. The molecule has 4 heteroatoms. The van der Waals surface area contributed by atoms with E-state index in [1.165, 1.54) is 5.57 Å². The summed E-state index contributed by atoms with van der Waals surface area (Å²) in [6, 6.07) is 7.35. The van der Waals surface area contributed by atoms with Crippen molar-refractivity contribution in [2.24, 2.45) is 0 Å². The zero-order valence-corrected chi connectivity index (χ0v) is 12.1. The maximum atomic E-state index is 11.8. The lowest BCUT2D eigenvalue weighted by atomic mass is 10.0. The number of rotatable bonds is 2. The summed E-state index contributed by atoms with van der Waals surface area (Å²) in [5, 5.41) is 0. The van der Waals surface area contributed by atoms with Crippen molar-refractivity contribution in [3.63, 3.8) is 0 Å². The van der Waals surface area contributed by atoms with Crippen LogP contribution in [0.25, 0.3) is 6.08 Å². The maximum absolute atomic E-state index is 11.8. The molecule has 1 heterocycles. The average Bonchev–Trinajstić information content (AvgIpc) is 2.31. The Kier molecular flexibility index (Phi) is 3.93. The van der Waals surface area contributed by atoms with Gasteiger partial charge in [0.1, 0.15) is 11.9 Å². The van der Waals surface area contributed by atoms with Gasteiger partial charge in [0, 0.05) is 18.7 Å². The second kappa shape index (κ2) is 5.49. The minimum absolute atomic E-state index is 0.272. The topological polar surface area (TPSA) is 46.6 Å². The van der Waals surface area contributed by atoms with E-state index in [0.717, 1.165) is 11.8 Å². The Hall–Kier alpha value is -2.10. The van der Waals surface area contributed by atoms with Crippen LogP contribution in [-0.4, -0.2) is 36.0 Å². The van der Waals surface area contributed by atoms with E-state index in [1.807, 2.05) is 39.0 Å². The van der Waals surface area contributed by atoms with Gasteiger partial charge in [-0.1, -0.05) is 30.3 Å². The Balaban J connectivity index is 1.90. The highest BCUT2D eigenvalue weighted by molar-refractivity contribution is 5.76. The zero-order chi connectivity index (χ0) is 14.8. The number of carbonyl (C=O) groups is 2. The molecule has 1 aromatic carbocycles. The van der Waals surface area contributed by atoms with Crippen LogP contribution in [0.2, 0.25) is 0 Å². The highest BCUT2D eigenvalue weighted by atomic mass is 16.6. The number of likely N-dealkylation sites (tertiary alicyclic amines) is 1. The third-order valence-electron chi connectivity index (χ3n) is 2.88. The van der Waals surface area contributed by atoms with E-state index >= 15 is 0 Å². The van der Waals surface area contributed by atoms with Crippen LogP contribution in [0.15, 0.2) is 29.8 Å². The van der Waals surface area contributed by atoms with Gasteiger partial charge in [0.15, 0.2) is 0 Å². The van der Waals surface area contributed by atoms with Crippen molar-refractivity contribution in [3.8, 4) is 0 Å². The quantitative estimate of drug-likeness (QED) is 0.778. The number of nitrogens with zero attached hydrogens (tertiary/aromatic N) is 1. The lowest BCUT2D eigenvalue weighted by Crippen LogP contribution is -2.46. The fraction of sp³-hybridized carbons (Fsp3) is 0.375. The lowest BCUT2D eigenvalue weighted by molar-refractivity contribution is 0.0216. The van der Waals surface area contributed by atoms with Crippen LogP contribution in [0.1, 0.15) is 36.7 Å². The van der Waals surface area contributed by atoms with Crippen LogP contribution < -0.4 is 0 Å². The SMILES string of the molecule is CC(C)(C)OC(=O)N1CC(=Cc2ccc(C=O)cc2)C1. The van der Waals surface area contributed by atoms with Crippen molar-refractivity contribution < 1.29 is 14.3 Å². The molecule has 0 unspecified atom stereocenters. The number of aldehydes is 1. The predicted octanol–water partition coefficient (Wildman–Crippen LogP) is 3.13. The normalized spacial score (nSPS) is 14.6. The lowest BCUT2D eigenvalue weighted by Gasteiger charge is -2.35. The molecular formula is C16H19NO3. The first-order valence-electron chi connectivity index (χ1n) is 6.60. The third kappa shape index (κ3) is 3.70. The van der Waals surface area contributed by atoms with Gasteiger partial charge in [0.2, 0.25) is 0 Å². The van der Waals surface area contributed by atoms with Gasteiger partial charge in [0.25, 0.3) is 0 Å². The molecule has 0 aliphatic carbocycles. The van der Waals surface area contributed by atoms with Gasteiger partial charge in [0.05, 0.1) is 0 Å². The molecule has 20 heavy (non-hydrogen) atoms.